The van der Waals surface area contributed by atoms with E-state index >= 15 is 0 Å². The number of benzene rings is 2. The molecule has 1 aliphatic heterocycles. The number of hydrogen-bond donors (Lipinski definition) is 2. The number of anilines is 1. The van der Waals surface area contributed by atoms with Crippen LogP contribution >= 0.6 is 0 Å². The highest BCUT2D eigenvalue weighted by molar-refractivity contribution is 6.08. The van der Waals surface area contributed by atoms with E-state index in [0.29, 0.717) is 50.3 Å². The van der Waals surface area contributed by atoms with Gasteiger partial charge in [-0.1, -0.05) is 12.1 Å². The lowest BCUT2D eigenvalue weighted by Gasteiger charge is -2.59. The van der Waals surface area contributed by atoms with Crippen LogP contribution in [0.4, 0.5) is 14.5 Å². The second-order valence-electron chi connectivity index (χ2n) is 14.8. The number of hydrogen-bond acceptors (Lipinski definition) is 8. The summed E-state index contributed by atoms with van der Waals surface area (Å²) in [6.07, 6.45) is 7.83. The van der Waals surface area contributed by atoms with E-state index in [-0.39, 0.29) is 54.3 Å². The number of alkyl halides is 2. The maximum absolute atomic E-state index is 14.6. The molecule has 3 fully saturated rings. The Morgan fingerprint density at radius 3 is 2.38 bits per heavy atom. The summed E-state index contributed by atoms with van der Waals surface area (Å²) in [6, 6.07) is 16.5. The zero-order chi connectivity index (χ0) is 36.9. The lowest BCUT2D eigenvalue weighted by Crippen LogP contribution is -2.64. The Morgan fingerprint density at radius 1 is 0.868 bits per heavy atom. The summed E-state index contributed by atoms with van der Waals surface area (Å²) in [5.41, 5.74) is 4.38. The van der Waals surface area contributed by atoms with Crippen molar-refractivity contribution in [1.82, 2.24) is 14.5 Å². The van der Waals surface area contributed by atoms with Crippen LogP contribution in [0.1, 0.15) is 59.2 Å². The first-order valence-electron chi connectivity index (χ1n) is 17.9. The fourth-order valence-electron chi connectivity index (χ4n) is 7.99. The van der Waals surface area contributed by atoms with Crippen molar-refractivity contribution in [1.29, 1.82) is 0 Å². The lowest BCUT2D eigenvalue weighted by atomic mass is 9.61. The Bertz CT molecular complexity index is 2170. The number of aromatic nitrogens is 3. The first kappa shape index (κ1) is 34.9. The molecule has 0 bridgehead atoms. The van der Waals surface area contributed by atoms with Crippen LogP contribution < -0.4 is 9.64 Å². The van der Waals surface area contributed by atoms with Crippen molar-refractivity contribution in [3.05, 3.63) is 84.3 Å². The van der Waals surface area contributed by atoms with Gasteiger partial charge < -0.3 is 33.9 Å². The smallest absolute Gasteiger partial charge is 0.336 e. The van der Waals surface area contributed by atoms with Crippen molar-refractivity contribution in [2.75, 3.05) is 31.2 Å². The SMILES string of the molecule is Cn1c2ccncc2c2ccc(-c3ccc(O[C@H]4C[C@H](OCCCC(F)(F)COC5CC6(C5)CN(c5ccc(C(=O)O)c(C(=O)O)c5)C6)C4)nc3)cc21. The van der Waals surface area contributed by atoms with Crippen molar-refractivity contribution in [3.63, 3.8) is 0 Å². The summed E-state index contributed by atoms with van der Waals surface area (Å²) in [6.45, 7) is 0.905. The minimum Gasteiger partial charge on any atom is -0.478 e. The van der Waals surface area contributed by atoms with Gasteiger partial charge in [0, 0.05) is 104 Å². The number of carbonyl (C=O) groups is 2. The molecule has 0 radical (unpaired) electrons. The zero-order valence-corrected chi connectivity index (χ0v) is 29.2. The molecule has 1 spiro atoms. The fourth-order valence-corrected chi connectivity index (χ4v) is 7.99. The number of halogens is 2. The molecule has 2 aliphatic carbocycles. The summed E-state index contributed by atoms with van der Waals surface area (Å²) in [5.74, 6) is -5.00. The van der Waals surface area contributed by atoms with Crippen LogP contribution in [-0.2, 0) is 16.5 Å². The van der Waals surface area contributed by atoms with Crippen molar-refractivity contribution in [2.24, 2.45) is 12.5 Å². The number of aryl methyl sites for hydroxylation is 1. The number of fused-ring (bicyclic) bond motifs is 3. The molecule has 2 N–H and O–H groups in total. The Labute approximate surface area is 304 Å². The lowest BCUT2D eigenvalue weighted by molar-refractivity contribution is -0.155. The molecular formula is C40H40F2N4O7. The Kier molecular flexibility index (Phi) is 9.02. The van der Waals surface area contributed by atoms with E-state index in [1.807, 2.05) is 35.5 Å². The van der Waals surface area contributed by atoms with Crippen molar-refractivity contribution < 1.29 is 42.8 Å². The molecule has 8 rings (SSSR count). The number of carboxylic acids is 2. The zero-order valence-electron chi connectivity index (χ0n) is 29.2. The molecule has 276 valence electrons. The van der Waals surface area contributed by atoms with Gasteiger partial charge in [0.25, 0.3) is 5.92 Å². The van der Waals surface area contributed by atoms with Gasteiger partial charge in [-0.25, -0.2) is 23.4 Å². The Hall–Kier alpha value is -5.14. The minimum absolute atomic E-state index is 0.0223. The monoisotopic (exact) mass is 726 g/mol. The molecular weight excluding hydrogens is 686 g/mol. The molecule has 1 saturated heterocycles. The van der Waals surface area contributed by atoms with Gasteiger partial charge >= 0.3 is 11.9 Å². The van der Waals surface area contributed by atoms with Crippen LogP contribution in [0, 0.1) is 5.41 Å². The molecule has 5 aromatic rings. The summed E-state index contributed by atoms with van der Waals surface area (Å²) in [4.78, 5) is 33.6. The number of nitrogens with zero attached hydrogens (tertiary/aromatic N) is 4. The number of carboxylic acid groups (broad SMARTS) is 2. The largest absolute Gasteiger partial charge is 0.478 e. The average molecular weight is 727 g/mol. The standard InChI is InChI=1S/C40H40F2N4O7/c1-45-34-9-11-43-20-33(34)30-6-3-24(13-35(30)45)25-4-8-36(44-19-25)53-28-15-27(16-28)51-12-2-10-40(41,42)23-52-29-17-39(18-29)21-46(22-39)26-5-7-31(37(47)48)32(14-26)38(49)50/h3-9,11,13-14,19-20,27-29H,2,10,12,15-18,21-23H2,1H3,(H,47,48)(H,49,50)/t27-,28-. The normalized spacial score (nSPS) is 19.6. The highest BCUT2D eigenvalue weighted by atomic mass is 19.3. The van der Waals surface area contributed by atoms with Gasteiger partial charge in [0.15, 0.2) is 0 Å². The minimum atomic E-state index is -2.95. The van der Waals surface area contributed by atoms with Gasteiger partial charge in [0.2, 0.25) is 5.88 Å². The predicted octanol–water partition coefficient (Wildman–Crippen LogP) is 7.21. The molecule has 2 aromatic carbocycles. The highest BCUT2D eigenvalue weighted by Gasteiger charge is 2.53. The molecule has 11 nitrogen and oxygen atoms in total. The summed E-state index contributed by atoms with van der Waals surface area (Å²) in [7, 11) is 2.05. The molecule has 0 atom stereocenters. The fraction of sp³-hybridized carbons (Fsp3) is 0.400. The number of ether oxygens (including phenoxy) is 3. The molecule has 13 heteroatoms. The van der Waals surface area contributed by atoms with Crippen molar-refractivity contribution in [3.8, 4) is 17.0 Å². The maximum atomic E-state index is 14.6. The van der Waals surface area contributed by atoms with Crippen LogP contribution in [0.5, 0.6) is 5.88 Å². The van der Waals surface area contributed by atoms with E-state index in [2.05, 4.69) is 39.8 Å². The quantitative estimate of drug-likeness (QED) is 0.113. The molecule has 0 unspecified atom stereocenters. The van der Waals surface area contributed by atoms with Crippen LogP contribution in [0.15, 0.2) is 73.2 Å². The Morgan fingerprint density at radius 2 is 1.64 bits per heavy atom. The van der Waals surface area contributed by atoms with Gasteiger partial charge in [-0.3, -0.25) is 4.98 Å². The topological polar surface area (TPSA) is 136 Å². The van der Waals surface area contributed by atoms with Gasteiger partial charge in [0.05, 0.1) is 28.9 Å². The average Bonchev–Trinajstić information content (AvgIpc) is 3.38. The van der Waals surface area contributed by atoms with Crippen molar-refractivity contribution >= 4 is 39.4 Å². The molecule has 4 heterocycles. The van der Waals surface area contributed by atoms with Crippen molar-refractivity contribution in [2.45, 2.75) is 62.8 Å². The van der Waals surface area contributed by atoms with Crippen LogP contribution in [0.2, 0.25) is 0 Å². The Balaban J connectivity index is 0.712. The summed E-state index contributed by atoms with van der Waals surface area (Å²) < 4.78 is 48.8. The maximum Gasteiger partial charge on any atom is 0.336 e. The number of rotatable bonds is 14. The summed E-state index contributed by atoms with van der Waals surface area (Å²) in [5, 5.41) is 20.9. The van der Waals surface area contributed by atoms with Crippen LogP contribution in [0.3, 0.4) is 0 Å². The molecule has 3 aromatic heterocycles. The van der Waals surface area contributed by atoms with Crippen LogP contribution in [0.25, 0.3) is 32.9 Å². The highest BCUT2D eigenvalue weighted by Crippen LogP contribution is 2.51. The molecule has 3 aliphatic rings. The third-order valence-electron chi connectivity index (χ3n) is 11.0. The molecule has 53 heavy (non-hydrogen) atoms. The van der Waals surface area contributed by atoms with Gasteiger partial charge in [0.1, 0.15) is 12.7 Å². The third kappa shape index (κ3) is 7.03. The number of pyridine rings is 2. The number of aromatic carboxylic acids is 2. The van der Waals surface area contributed by atoms with Gasteiger partial charge in [-0.2, -0.15) is 0 Å². The second kappa shape index (κ2) is 13.7. The summed E-state index contributed by atoms with van der Waals surface area (Å²) >= 11 is 0. The van der Waals surface area contributed by atoms with E-state index in [1.54, 1.807) is 12.3 Å². The molecule has 2 saturated carbocycles. The predicted molar refractivity (Wildman–Crippen MR) is 193 cm³/mol. The van der Waals surface area contributed by atoms with E-state index in [1.165, 1.54) is 12.1 Å². The van der Waals surface area contributed by atoms with Gasteiger partial charge in [-0.05, 0) is 61.2 Å². The van der Waals surface area contributed by atoms with E-state index in [0.717, 1.165) is 32.9 Å². The van der Waals surface area contributed by atoms with E-state index in [4.69, 9.17) is 14.2 Å². The van der Waals surface area contributed by atoms with E-state index < -0.39 is 24.5 Å². The first-order valence-corrected chi connectivity index (χ1v) is 17.9. The third-order valence-corrected chi connectivity index (χ3v) is 11.0. The molecule has 0 amide bonds. The van der Waals surface area contributed by atoms with Gasteiger partial charge in [-0.15, -0.1) is 0 Å². The first-order chi connectivity index (χ1) is 25.5. The van der Waals surface area contributed by atoms with E-state index in [9.17, 15) is 28.6 Å². The van der Waals surface area contributed by atoms with Crippen LogP contribution in [-0.4, -0.2) is 87.2 Å². The second-order valence-corrected chi connectivity index (χ2v) is 14.8.